The van der Waals surface area contributed by atoms with E-state index in [9.17, 15) is 4.79 Å². The van der Waals surface area contributed by atoms with Crippen molar-refractivity contribution in [2.45, 2.75) is 33.1 Å². The number of hydrogen-bond donors (Lipinski definition) is 1. The van der Waals surface area contributed by atoms with Crippen LogP contribution in [0.15, 0.2) is 66.1 Å². The molecule has 1 heterocycles. The van der Waals surface area contributed by atoms with Crippen molar-refractivity contribution >= 4 is 22.9 Å². The van der Waals surface area contributed by atoms with E-state index in [-0.39, 0.29) is 18.4 Å². The zero-order valence-electron chi connectivity index (χ0n) is 15.8. The lowest BCUT2D eigenvalue weighted by Crippen LogP contribution is -2.21. The fraction of sp³-hybridized carbons (Fsp3) is 0.192. The van der Waals surface area contributed by atoms with Gasteiger partial charge in [0.15, 0.2) is 0 Å². The summed E-state index contributed by atoms with van der Waals surface area (Å²) in [5.74, 6) is 5.45. The number of allylic oxidation sites excluding steroid dienone is 1. The Hall–Kier alpha value is -3.09. The van der Waals surface area contributed by atoms with Crippen LogP contribution in [0.3, 0.4) is 0 Å². The average molecular weight is 401 g/mol. The number of thiophene rings is 1. The molecule has 0 amide bonds. The lowest BCUT2D eigenvalue weighted by Gasteiger charge is -2.32. The highest BCUT2D eigenvalue weighted by molar-refractivity contribution is 7.11. The van der Waals surface area contributed by atoms with Gasteiger partial charge in [-0.05, 0) is 76.4 Å². The Morgan fingerprint density at radius 1 is 1.03 bits per heavy atom. The number of carbonyl (C=O) groups is 1. The van der Waals surface area contributed by atoms with Crippen molar-refractivity contribution in [2.75, 3.05) is 0 Å². The van der Waals surface area contributed by atoms with E-state index >= 15 is 0 Å². The minimum absolute atomic E-state index is 0. The van der Waals surface area contributed by atoms with E-state index in [0.29, 0.717) is 0 Å². The van der Waals surface area contributed by atoms with Gasteiger partial charge in [-0.3, -0.25) is 0 Å². The molecule has 2 aromatic carbocycles. The summed E-state index contributed by atoms with van der Waals surface area (Å²) < 4.78 is 0. The van der Waals surface area contributed by atoms with Gasteiger partial charge in [-0.2, -0.15) is 0 Å². The number of aromatic carboxylic acids is 1. The molecule has 29 heavy (non-hydrogen) atoms. The first-order chi connectivity index (χ1) is 13.4. The third-order valence-corrected chi connectivity index (χ3v) is 6.03. The standard InChI is InChI=1S/C25H20O2S.CH4/c1-25(2)14-13-20(23-4-3-15-28-23)21-16-18(9-12-22(21)25)6-5-17-7-10-19(11-8-17)24(26)27;/h3-4,7-13,15-16H,14H2,1-2H3,(H,26,27);1H4. The van der Waals surface area contributed by atoms with Crippen LogP contribution in [0.2, 0.25) is 0 Å². The molecule has 1 N–H and O–H groups in total. The predicted molar refractivity (Wildman–Crippen MR) is 122 cm³/mol. The van der Waals surface area contributed by atoms with E-state index in [0.717, 1.165) is 17.5 Å². The third kappa shape index (κ3) is 4.18. The Bertz CT molecular complexity index is 1120. The molecule has 1 aliphatic rings. The maximum Gasteiger partial charge on any atom is 0.335 e. The van der Waals surface area contributed by atoms with Crippen LogP contribution in [-0.4, -0.2) is 11.1 Å². The van der Waals surface area contributed by atoms with Crippen LogP contribution in [0, 0.1) is 11.8 Å². The smallest absolute Gasteiger partial charge is 0.335 e. The maximum absolute atomic E-state index is 11.0. The molecular formula is C26H24O2S. The van der Waals surface area contributed by atoms with Crippen molar-refractivity contribution in [3.8, 4) is 11.8 Å². The molecule has 1 aromatic heterocycles. The molecule has 1 aliphatic carbocycles. The van der Waals surface area contributed by atoms with E-state index in [4.69, 9.17) is 5.11 Å². The van der Waals surface area contributed by atoms with Crippen molar-refractivity contribution in [3.05, 3.63) is 98.7 Å². The molecule has 0 spiro atoms. The van der Waals surface area contributed by atoms with E-state index in [1.807, 2.05) is 0 Å². The van der Waals surface area contributed by atoms with Gasteiger partial charge in [0.05, 0.1) is 5.56 Å². The first kappa shape index (κ1) is 20.6. The largest absolute Gasteiger partial charge is 0.478 e. The molecule has 3 heteroatoms. The normalized spacial score (nSPS) is 13.9. The molecule has 0 atom stereocenters. The summed E-state index contributed by atoms with van der Waals surface area (Å²) in [6, 6.07) is 17.4. The fourth-order valence-corrected chi connectivity index (χ4v) is 4.30. The Balaban J connectivity index is 0.00000240. The van der Waals surface area contributed by atoms with Crippen molar-refractivity contribution in [2.24, 2.45) is 0 Å². The predicted octanol–water partition coefficient (Wildman–Crippen LogP) is 6.60. The van der Waals surface area contributed by atoms with Gasteiger partial charge in [0.1, 0.15) is 0 Å². The Morgan fingerprint density at radius 2 is 1.72 bits per heavy atom. The van der Waals surface area contributed by atoms with E-state index in [1.165, 1.54) is 21.6 Å². The van der Waals surface area contributed by atoms with Crippen LogP contribution in [0.4, 0.5) is 0 Å². The highest BCUT2D eigenvalue weighted by atomic mass is 32.1. The Morgan fingerprint density at radius 3 is 2.38 bits per heavy atom. The quantitative estimate of drug-likeness (QED) is 0.492. The molecule has 0 saturated heterocycles. The van der Waals surface area contributed by atoms with E-state index < -0.39 is 5.97 Å². The zero-order chi connectivity index (χ0) is 19.7. The van der Waals surface area contributed by atoms with Crippen LogP contribution < -0.4 is 0 Å². The maximum atomic E-state index is 11.0. The molecular weight excluding hydrogens is 376 g/mol. The SMILES string of the molecule is C.CC1(C)CC=C(c2cccs2)c2cc(C#Cc3ccc(C(=O)O)cc3)ccc21. The van der Waals surface area contributed by atoms with Gasteiger partial charge in [-0.25, -0.2) is 4.79 Å². The molecule has 0 radical (unpaired) electrons. The molecule has 0 aliphatic heterocycles. The molecule has 4 rings (SSSR count). The number of hydrogen-bond acceptors (Lipinski definition) is 2. The summed E-state index contributed by atoms with van der Waals surface area (Å²) in [5.41, 5.74) is 6.04. The van der Waals surface area contributed by atoms with E-state index in [1.54, 1.807) is 35.6 Å². The zero-order valence-corrected chi connectivity index (χ0v) is 16.6. The molecule has 3 aromatic rings. The van der Waals surface area contributed by atoms with Crippen molar-refractivity contribution < 1.29 is 9.90 Å². The van der Waals surface area contributed by atoms with Crippen LogP contribution in [0.1, 0.15) is 65.2 Å². The number of benzene rings is 2. The average Bonchev–Trinajstić information content (AvgIpc) is 3.21. The van der Waals surface area contributed by atoms with Crippen molar-refractivity contribution in [1.82, 2.24) is 0 Å². The number of rotatable bonds is 2. The summed E-state index contributed by atoms with van der Waals surface area (Å²) in [5, 5.41) is 11.1. The molecule has 0 fully saturated rings. The summed E-state index contributed by atoms with van der Waals surface area (Å²) in [7, 11) is 0. The third-order valence-electron chi connectivity index (χ3n) is 5.13. The van der Waals surface area contributed by atoms with Gasteiger partial charge < -0.3 is 5.11 Å². The van der Waals surface area contributed by atoms with Crippen LogP contribution >= 0.6 is 11.3 Å². The first-order valence-electron chi connectivity index (χ1n) is 9.18. The molecule has 0 saturated carbocycles. The van der Waals surface area contributed by atoms with Gasteiger partial charge >= 0.3 is 5.97 Å². The van der Waals surface area contributed by atoms with Gasteiger partial charge in [0, 0.05) is 16.0 Å². The highest BCUT2D eigenvalue weighted by Crippen LogP contribution is 2.42. The lowest BCUT2D eigenvalue weighted by atomic mass is 9.73. The van der Waals surface area contributed by atoms with Gasteiger partial charge in [0.2, 0.25) is 0 Å². The monoisotopic (exact) mass is 400 g/mol. The van der Waals surface area contributed by atoms with Crippen molar-refractivity contribution in [3.63, 3.8) is 0 Å². The van der Waals surface area contributed by atoms with Crippen LogP contribution in [0.25, 0.3) is 5.57 Å². The topological polar surface area (TPSA) is 37.3 Å². The first-order valence-corrected chi connectivity index (χ1v) is 10.1. The minimum atomic E-state index is -0.926. The summed E-state index contributed by atoms with van der Waals surface area (Å²) in [4.78, 5) is 12.3. The second-order valence-corrected chi connectivity index (χ2v) is 8.52. The van der Waals surface area contributed by atoms with E-state index in [2.05, 4.69) is 67.5 Å². The second kappa shape index (κ2) is 8.11. The number of carboxylic acids is 1. The highest BCUT2D eigenvalue weighted by Gasteiger charge is 2.28. The van der Waals surface area contributed by atoms with Gasteiger partial charge in [-0.15, -0.1) is 11.3 Å². The van der Waals surface area contributed by atoms with Gasteiger partial charge in [-0.1, -0.05) is 51.3 Å². The summed E-state index contributed by atoms with van der Waals surface area (Å²) in [6.07, 6.45) is 3.37. The Labute approximate surface area is 176 Å². The summed E-state index contributed by atoms with van der Waals surface area (Å²) >= 11 is 1.76. The number of fused-ring (bicyclic) bond motifs is 1. The molecule has 146 valence electrons. The molecule has 2 nitrogen and oxygen atoms in total. The van der Waals surface area contributed by atoms with Gasteiger partial charge in [0.25, 0.3) is 0 Å². The van der Waals surface area contributed by atoms with Crippen LogP contribution in [0.5, 0.6) is 0 Å². The fourth-order valence-electron chi connectivity index (χ4n) is 3.52. The molecule has 0 bridgehead atoms. The second-order valence-electron chi connectivity index (χ2n) is 7.58. The van der Waals surface area contributed by atoms with Crippen molar-refractivity contribution in [1.29, 1.82) is 0 Å². The number of carboxylic acid groups (broad SMARTS) is 1. The Kier molecular flexibility index (Phi) is 5.77. The summed E-state index contributed by atoms with van der Waals surface area (Å²) in [6.45, 7) is 4.56. The van der Waals surface area contributed by atoms with Crippen LogP contribution in [-0.2, 0) is 5.41 Å². The minimum Gasteiger partial charge on any atom is -0.478 e. The molecule has 0 unspecified atom stereocenters. The lowest BCUT2D eigenvalue weighted by molar-refractivity contribution is 0.0697.